The van der Waals surface area contributed by atoms with Crippen LogP contribution in [-0.2, 0) is 13.6 Å². The molecule has 0 saturated carbocycles. The molecule has 0 aromatic carbocycles. The van der Waals surface area contributed by atoms with Gasteiger partial charge in [-0.25, -0.2) is 9.98 Å². The van der Waals surface area contributed by atoms with Crippen LogP contribution >= 0.6 is 24.0 Å². The molecule has 2 fully saturated rings. The molecule has 2 saturated heterocycles. The van der Waals surface area contributed by atoms with Crippen molar-refractivity contribution in [1.29, 1.82) is 0 Å². The van der Waals surface area contributed by atoms with E-state index in [0.29, 0.717) is 18.6 Å². The number of guanidine groups is 1. The summed E-state index contributed by atoms with van der Waals surface area (Å²) in [5.41, 5.74) is 0. The van der Waals surface area contributed by atoms with Crippen molar-refractivity contribution in [3.63, 3.8) is 0 Å². The fraction of sp³-hybridized carbons (Fsp3) is 0.636. The maximum Gasteiger partial charge on any atom is 0.192 e. The van der Waals surface area contributed by atoms with Crippen molar-refractivity contribution < 1.29 is 0 Å². The zero-order chi connectivity index (χ0) is 21.6. The quantitative estimate of drug-likeness (QED) is 0.308. The van der Waals surface area contributed by atoms with Gasteiger partial charge < -0.3 is 20.1 Å². The Kier molecular flexibility index (Phi) is 9.09. The molecule has 2 aromatic heterocycles. The fourth-order valence-electron chi connectivity index (χ4n) is 4.47. The van der Waals surface area contributed by atoms with Gasteiger partial charge in [-0.05, 0) is 51.4 Å². The predicted molar refractivity (Wildman–Crippen MR) is 139 cm³/mol. The number of aryl methyl sites for hydroxylation is 1. The minimum atomic E-state index is 0. The summed E-state index contributed by atoms with van der Waals surface area (Å²) >= 11 is 0. The third-order valence-corrected chi connectivity index (χ3v) is 6.47. The van der Waals surface area contributed by atoms with E-state index in [-0.39, 0.29) is 24.0 Å². The Morgan fingerprint density at radius 2 is 2.09 bits per heavy atom. The average molecular weight is 553 g/mol. The van der Waals surface area contributed by atoms with Crippen LogP contribution in [0.25, 0.3) is 0 Å². The summed E-state index contributed by atoms with van der Waals surface area (Å²) < 4.78 is 2.00. The molecule has 10 heteroatoms. The first-order valence-electron chi connectivity index (χ1n) is 11.4. The molecule has 32 heavy (non-hydrogen) atoms. The zero-order valence-corrected chi connectivity index (χ0v) is 21.7. The first-order valence-corrected chi connectivity index (χ1v) is 11.4. The molecule has 0 radical (unpaired) electrons. The first kappa shape index (κ1) is 24.7. The van der Waals surface area contributed by atoms with Gasteiger partial charge in [0.1, 0.15) is 18.2 Å². The predicted octanol–water partition coefficient (Wildman–Crippen LogP) is 1.93. The number of likely N-dealkylation sites (tertiary alicyclic amines) is 1. The number of pyridine rings is 1. The Bertz CT molecular complexity index is 870. The molecule has 4 rings (SSSR count). The number of aromatic nitrogens is 4. The molecule has 0 amide bonds. The van der Waals surface area contributed by atoms with Crippen LogP contribution in [0.1, 0.15) is 37.8 Å². The molecule has 4 heterocycles. The van der Waals surface area contributed by atoms with Crippen LogP contribution in [0.3, 0.4) is 0 Å². The number of anilines is 1. The van der Waals surface area contributed by atoms with Crippen LogP contribution < -0.4 is 15.5 Å². The SMILES string of the molecule is CCN1CCCC1CNC(=NCc1nnc(C)n1C)NC1CCN(c2ccccn2)C1.I. The minimum Gasteiger partial charge on any atom is -0.355 e. The molecule has 2 atom stereocenters. The topological polar surface area (TPSA) is 86.5 Å². The van der Waals surface area contributed by atoms with Crippen LogP contribution in [0.2, 0.25) is 0 Å². The lowest BCUT2D eigenvalue weighted by Crippen LogP contribution is -2.48. The van der Waals surface area contributed by atoms with E-state index >= 15 is 0 Å². The van der Waals surface area contributed by atoms with E-state index < -0.39 is 0 Å². The highest BCUT2D eigenvalue weighted by atomic mass is 127. The summed E-state index contributed by atoms with van der Waals surface area (Å²) in [5.74, 6) is 3.67. The van der Waals surface area contributed by atoms with Crippen LogP contribution in [-0.4, -0.2) is 75.4 Å². The number of nitrogens with zero attached hydrogens (tertiary/aromatic N) is 7. The van der Waals surface area contributed by atoms with Gasteiger partial charge in [0.2, 0.25) is 0 Å². The molecule has 0 bridgehead atoms. The van der Waals surface area contributed by atoms with Crippen molar-refractivity contribution in [1.82, 2.24) is 35.3 Å². The van der Waals surface area contributed by atoms with E-state index in [2.05, 4.69) is 48.6 Å². The van der Waals surface area contributed by atoms with Gasteiger partial charge in [-0.1, -0.05) is 13.0 Å². The number of nitrogens with one attached hydrogen (secondary N) is 2. The van der Waals surface area contributed by atoms with Crippen LogP contribution in [0, 0.1) is 6.92 Å². The van der Waals surface area contributed by atoms with Crippen LogP contribution in [0.4, 0.5) is 5.82 Å². The molecule has 2 aliphatic heterocycles. The Labute approximate surface area is 208 Å². The number of hydrogen-bond acceptors (Lipinski definition) is 6. The van der Waals surface area contributed by atoms with E-state index in [0.717, 1.165) is 56.0 Å². The number of likely N-dealkylation sites (N-methyl/N-ethyl adjacent to an activating group) is 1. The lowest BCUT2D eigenvalue weighted by molar-refractivity contribution is 0.267. The van der Waals surface area contributed by atoms with Crippen LogP contribution in [0.15, 0.2) is 29.4 Å². The van der Waals surface area contributed by atoms with Gasteiger partial charge in [-0.15, -0.1) is 34.2 Å². The van der Waals surface area contributed by atoms with Crippen molar-refractivity contribution in [2.75, 3.05) is 37.6 Å². The average Bonchev–Trinajstić information content (AvgIpc) is 3.52. The molecule has 9 nitrogen and oxygen atoms in total. The number of hydrogen-bond donors (Lipinski definition) is 2. The first-order chi connectivity index (χ1) is 15.1. The van der Waals surface area contributed by atoms with E-state index in [4.69, 9.17) is 4.99 Å². The maximum absolute atomic E-state index is 4.86. The highest BCUT2D eigenvalue weighted by Gasteiger charge is 2.26. The second-order valence-electron chi connectivity index (χ2n) is 8.46. The van der Waals surface area contributed by atoms with Crippen molar-refractivity contribution in [3.8, 4) is 0 Å². The van der Waals surface area contributed by atoms with E-state index in [1.165, 1.54) is 19.4 Å². The fourth-order valence-corrected chi connectivity index (χ4v) is 4.47. The molecular weight excluding hydrogens is 517 g/mol. The Morgan fingerprint density at radius 3 is 2.81 bits per heavy atom. The van der Waals surface area contributed by atoms with E-state index in [1.54, 1.807) is 0 Å². The molecule has 0 spiro atoms. The van der Waals surface area contributed by atoms with Crippen molar-refractivity contribution >= 4 is 35.8 Å². The highest BCUT2D eigenvalue weighted by Crippen LogP contribution is 2.18. The second kappa shape index (κ2) is 11.8. The Balaban J connectivity index is 0.00000289. The normalized spacial score (nSPS) is 21.6. The molecular formula is C22H36IN9. The van der Waals surface area contributed by atoms with Gasteiger partial charge in [0.15, 0.2) is 11.8 Å². The standard InChI is InChI=1S/C22H35N9.HI/c1-4-30-12-7-8-19(30)14-24-22(25-15-21-28-27-17(2)29(21)3)26-18-10-13-31(16-18)20-9-5-6-11-23-20;/h5-6,9,11,18-19H,4,7-8,10,12-16H2,1-3H3,(H2,24,25,26);1H. The summed E-state index contributed by atoms with van der Waals surface area (Å²) in [5, 5.41) is 15.7. The molecule has 0 aliphatic carbocycles. The number of rotatable bonds is 7. The molecule has 2 aromatic rings. The van der Waals surface area contributed by atoms with Crippen LogP contribution in [0.5, 0.6) is 0 Å². The number of halogens is 1. The van der Waals surface area contributed by atoms with Crippen molar-refractivity contribution in [3.05, 3.63) is 36.0 Å². The summed E-state index contributed by atoms with van der Waals surface area (Å²) in [6.45, 7) is 9.84. The van der Waals surface area contributed by atoms with E-state index in [9.17, 15) is 0 Å². The molecule has 176 valence electrons. The zero-order valence-electron chi connectivity index (χ0n) is 19.4. The largest absolute Gasteiger partial charge is 0.355 e. The molecule has 2 unspecified atom stereocenters. The van der Waals surface area contributed by atoms with Gasteiger partial charge in [-0.2, -0.15) is 0 Å². The van der Waals surface area contributed by atoms with Gasteiger partial charge in [0, 0.05) is 45.0 Å². The van der Waals surface area contributed by atoms with Crippen molar-refractivity contribution in [2.24, 2.45) is 12.0 Å². The molecule has 2 aliphatic rings. The summed E-state index contributed by atoms with van der Waals surface area (Å²) in [6, 6.07) is 6.98. The Hall–Kier alpha value is -1.95. The van der Waals surface area contributed by atoms with Gasteiger partial charge in [0.05, 0.1) is 0 Å². The van der Waals surface area contributed by atoms with Crippen molar-refractivity contribution in [2.45, 2.75) is 51.7 Å². The van der Waals surface area contributed by atoms with E-state index in [1.807, 2.05) is 36.9 Å². The summed E-state index contributed by atoms with van der Waals surface area (Å²) in [6.07, 6.45) is 5.44. The minimum absolute atomic E-state index is 0. The van der Waals surface area contributed by atoms with Gasteiger partial charge in [-0.3, -0.25) is 4.90 Å². The molecule has 2 N–H and O–H groups in total. The lowest BCUT2D eigenvalue weighted by Gasteiger charge is -2.25. The third kappa shape index (κ3) is 6.09. The second-order valence-corrected chi connectivity index (χ2v) is 8.46. The van der Waals surface area contributed by atoms with Gasteiger partial charge >= 0.3 is 0 Å². The lowest BCUT2D eigenvalue weighted by atomic mass is 10.2. The summed E-state index contributed by atoms with van der Waals surface area (Å²) in [4.78, 5) is 14.2. The third-order valence-electron chi connectivity index (χ3n) is 6.47. The smallest absolute Gasteiger partial charge is 0.192 e. The number of aliphatic imine (C=N–C) groups is 1. The Morgan fingerprint density at radius 1 is 1.22 bits per heavy atom. The highest BCUT2D eigenvalue weighted by molar-refractivity contribution is 14.0. The summed E-state index contributed by atoms with van der Waals surface area (Å²) in [7, 11) is 1.99. The monoisotopic (exact) mass is 553 g/mol. The van der Waals surface area contributed by atoms with Gasteiger partial charge in [0.25, 0.3) is 0 Å². The maximum atomic E-state index is 4.86.